The first kappa shape index (κ1) is 17.3. The van der Waals surface area contributed by atoms with E-state index in [1.54, 1.807) is 31.2 Å². The number of amides is 1. The predicted octanol–water partition coefficient (Wildman–Crippen LogP) is 4.51. The van der Waals surface area contributed by atoms with Gasteiger partial charge in [0.25, 0.3) is 11.7 Å². The molecule has 3 aromatic rings. The summed E-state index contributed by atoms with van der Waals surface area (Å²) in [6.07, 6.45) is 1.39. The van der Waals surface area contributed by atoms with Gasteiger partial charge in [0.15, 0.2) is 0 Å². The second-order valence-corrected chi connectivity index (χ2v) is 6.46. The minimum absolute atomic E-state index is 0.132. The van der Waals surface area contributed by atoms with E-state index in [1.807, 2.05) is 0 Å². The Morgan fingerprint density at radius 2 is 1.96 bits per heavy atom. The molecule has 1 heterocycles. The van der Waals surface area contributed by atoms with Crippen LogP contribution in [0.4, 0.5) is 13.2 Å². The Labute approximate surface area is 145 Å². The van der Waals surface area contributed by atoms with Crippen molar-refractivity contribution in [3.8, 4) is 0 Å². The first-order chi connectivity index (χ1) is 11.9. The topological polar surface area (TPSA) is 57.8 Å². The number of aromatic nitrogens is 2. The van der Waals surface area contributed by atoms with Crippen LogP contribution in [0.5, 0.6) is 0 Å². The zero-order valence-electron chi connectivity index (χ0n) is 13.1. The van der Waals surface area contributed by atoms with Crippen molar-refractivity contribution in [3.05, 3.63) is 59.7 Å². The van der Waals surface area contributed by atoms with Crippen LogP contribution in [-0.4, -0.2) is 21.6 Å². The lowest BCUT2D eigenvalue weighted by molar-refractivity contribution is 0.0941. The lowest BCUT2D eigenvalue weighted by Gasteiger charge is -2.15. The smallest absolute Gasteiger partial charge is 0.288 e. The molecule has 0 aliphatic carbocycles. The minimum Gasteiger partial charge on any atom is -0.345 e. The number of halogens is 3. The van der Waals surface area contributed by atoms with Crippen molar-refractivity contribution in [2.45, 2.75) is 23.6 Å². The standard InChI is InChI=1S/C17H14F3N3OS/c1-9(10-2-4-12(5-3-10)25-17(19)20)23-16(24)13-6-11(18)7-14-15(13)22-8-21-14/h2-9,17H,1H3,(H,21,22)(H,23,24). The van der Waals surface area contributed by atoms with Gasteiger partial charge in [0.2, 0.25) is 0 Å². The molecule has 0 spiro atoms. The van der Waals surface area contributed by atoms with Crippen molar-refractivity contribution < 1.29 is 18.0 Å². The second-order valence-electron chi connectivity index (χ2n) is 5.39. The van der Waals surface area contributed by atoms with E-state index in [4.69, 9.17) is 0 Å². The number of fused-ring (bicyclic) bond motifs is 1. The van der Waals surface area contributed by atoms with Crippen LogP contribution in [0, 0.1) is 5.82 Å². The zero-order chi connectivity index (χ0) is 18.0. The molecule has 0 fully saturated rings. The molecule has 1 aromatic heterocycles. The summed E-state index contributed by atoms with van der Waals surface area (Å²) in [5.41, 5.74) is 1.70. The summed E-state index contributed by atoms with van der Waals surface area (Å²) in [6.45, 7) is 1.76. The van der Waals surface area contributed by atoms with Crippen LogP contribution < -0.4 is 5.32 Å². The molecule has 0 aliphatic rings. The number of nitrogens with zero attached hydrogens (tertiary/aromatic N) is 1. The van der Waals surface area contributed by atoms with Gasteiger partial charge in [-0.15, -0.1) is 0 Å². The third-order valence-electron chi connectivity index (χ3n) is 3.69. The Bertz CT molecular complexity index is 896. The number of imidazole rings is 1. The Hall–Kier alpha value is -2.48. The number of hydrogen-bond acceptors (Lipinski definition) is 3. The maximum atomic E-state index is 13.7. The number of thioether (sulfide) groups is 1. The fraction of sp³-hybridized carbons (Fsp3) is 0.176. The molecule has 4 nitrogen and oxygen atoms in total. The van der Waals surface area contributed by atoms with E-state index in [0.717, 1.165) is 11.6 Å². The number of nitrogens with one attached hydrogen (secondary N) is 2. The first-order valence-electron chi connectivity index (χ1n) is 7.42. The van der Waals surface area contributed by atoms with Crippen molar-refractivity contribution in [2.75, 3.05) is 0 Å². The van der Waals surface area contributed by atoms with Crippen LogP contribution in [0.2, 0.25) is 0 Å². The van der Waals surface area contributed by atoms with Gasteiger partial charge in [0.1, 0.15) is 11.3 Å². The second kappa shape index (κ2) is 7.18. The van der Waals surface area contributed by atoms with Gasteiger partial charge < -0.3 is 10.3 Å². The van der Waals surface area contributed by atoms with Crippen LogP contribution in [-0.2, 0) is 0 Å². The van der Waals surface area contributed by atoms with Crippen molar-refractivity contribution in [3.63, 3.8) is 0 Å². The third-order valence-corrected chi connectivity index (χ3v) is 4.41. The van der Waals surface area contributed by atoms with Gasteiger partial charge in [-0.3, -0.25) is 4.79 Å². The summed E-state index contributed by atoms with van der Waals surface area (Å²) in [7, 11) is 0. The van der Waals surface area contributed by atoms with Crippen LogP contribution in [0.15, 0.2) is 47.6 Å². The highest BCUT2D eigenvalue weighted by Gasteiger charge is 2.17. The Morgan fingerprint density at radius 1 is 1.24 bits per heavy atom. The fourth-order valence-corrected chi connectivity index (χ4v) is 2.98. The molecule has 0 aliphatic heterocycles. The molecule has 0 saturated heterocycles. The van der Waals surface area contributed by atoms with E-state index in [9.17, 15) is 18.0 Å². The Kier molecular flexibility index (Phi) is 4.98. The highest BCUT2D eigenvalue weighted by atomic mass is 32.2. The summed E-state index contributed by atoms with van der Waals surface area (Å²) in [5.74, 6) is -3.48. The number of carbonyl (C=O) groups is 1. The maximum Gasteiger partial charge on any atom is 0.288 e. The number of hydrogen-bond donors (Lipinski definition) is 2. The van der Waals surface area contributed by atoms with Gasteiger partial charge in [-0.05, 0) is 36.8 Å². The van der Waals surface area contributed by atoms with E-state index in [2.05, 4.69) is 15.3 Å². The number of aromatic amines is 1. The van der Waals surface area contributed by atoms with E-state index < -0.39 is 17.5 Å². The number of H-pyrrole nitrogens is 1. The molecule has 25 heavy (non-hydrogen) atoms. The number of benzene rings is 2. The predicted molar refractivity (Wildman–Crippen MR) is 90.2 cm³/mol. The summed E-state index contributed by atoms with van der Waals surface area (Å²) in [4.78, 5) is 19.7. The first-order valence-corrected chi connectivity index (χ1v) is 8.30. The Morgan fingerprint density at radius 3 is 2.64 bits per heavy atom. The number of alkyl halides is 2. The van der Waals surface area contributed by atoms with Gasteiger partial charge in [-0.25, -0.2) is 9.37 Å². The SMILES string of the molecule is CC(NC(=O)c1cc(F)cc2[nH]cnc12)c1ccc(SC(F)F)cc1. The van der Waals surface area contributed by atoms with E-state index >= 15 is 0 Å². The molecule has 130 valence electrons. The van der Waals surface area contributed by atoms with E-state index in [-0.39, 0.29) is 11.6 Å². The molecule has 1 unspecified atom stereocenters. The molecule has 1 amide bonds. The highest BCUT2D eigenvalue weighted by Crippen LogP contribution is 2.26. The lowest BCUT2D eigenvalue weighted by Crippen LogP contribution is -2.27. The average Bonchev–Trinajstić information content (AvgIpc) is 3.02. The quantitative estimate of drug-likeness (QED) is 0.654. The molecular formula is C17H14F3N3OS. The number of rotatable bonds is 5. The van der Waals surface area contributed by atoms with Crippen LogP contribution in [0.25, 0.3) is 11.0 Å². The van der Waals surface area contributed by atoms with Crippen LogP contribution in [0.3, 0.4) is 0 Å². The Balaban J connectivity index is 1.76. The molecule has 0 radical (unpaired) electrons. The van der Waals surface area contributed by atoms with Crippen LogP contribution in [0.1, 0.15) is 28.9 Å². The monoisotopic (exact) mass is 365 g/mol. The summed E-state index contributed by atoms with van der Waals surface area (Å²) in [5, 5.41) is 2.77. The van der Waals surface area contributed by atoms with Crippen LogP contribution >= 0.6 is 11.8 Å². The maximum absolute atomic E-state index is 13.7. The molecule has 2 N–H and O–H groups in total. The van der Waals surface area contributed by atoms with Crippen molar-refractivity contribution in [2.24, 2.45) is 0 Å². The average molecular weight is 365 g/mol. The molecule has 0 saturated carbocycles. The molecule has 8 heteroatoms. The van der Waals surface area contributed by atoms with Crippen molar-refractivity contribution >= 4 is 28.7 Å². The normalized spacial score (nSPS) is 12.5. The summed E-state index contributed by atoms with van der Waals surface area (Å²) < 4.78 is 38.3. The zero-order valence-corrected chi connectivity index (χ0v) is 13.9. The summed E-state index contributed by atoms with van der Waals surface area (Å²) in [6, 6.07) is 8.51. The van der Waals surface area contributed by atoms with E-state index in [0.29, 0.717) is 27.7 Å². The van der Waals surface area contributed by atoms with Crippen molar-refractivity contribution in [1.82, 2.24) is 15.3 Å². The highest BCUT2D eigenvalue weighted by molar-refractivity contribution is 7.99. The largest absolute Gasteiger partial charge is 0.345 e. The van der Waals surface area contributed by atoms with Gasteiger partial charge in [0.05, 0.1) is 23.4 Å². The molecule has 2 aromatic carbocycles. The van der Waals surface area contributed by atoms with Gasteiger partial charge >= 0.3 is 0 Å². The molecular weight excluding hydrogens is 351 g/mol. The van der Waals surface area contributed by atoms with Crippen molar-refractivity contribution in [1.29, 1.82) is 0 Å². The number of carbonyl (C=O) groups excluding carboxylic acids is 1. The van der Waals surface area contributed by atoms with Gasteiger partial charge in [0, 0.05) is 4.90 Å². The van der Waals surface area contributed by atoms with E-state index in [1.165, 1.54) is 12.4 Å². The summed E-state index contributed by atoms with van der Waals surface area (Å²) >= 11 is 0.460. The fourth-order valence-electron chi connectivity index (χ4n) is 2.48. The molecule has 3 rings (SSSR count). The van der Waals surface area contributed by atoms with Gasteiger partial charge in [-0.2, -0.15) is 8.78 Å². The van der Waals surface area contributed by atoms with Gasteiger partial charge in [-0.1, -0.05) is 23.9 Å². The lowest BCUT2D eigenvalue weighted by atomic mass is 10.1. The molecule has 0 bridgehead atoms. The molecule has 1 atom stereocenters. The minimum atomic E-state index is -2.48. The third kappa shape index (κ3) is 3.96.